The number of benzene rings is 1. The molecule has 4 rings (SSSR count). The van der Waals surface area contributed by atoms with Gasteiger partial charge in [0.2, 0.25) is 0 Å². The van der Waals surface area contributed by atoms with Crippen LogP contribution in [0.25, 0.3) is 0 Å². The summed E-state index contributed by atoms with van der Waals surface area (Å²) in [6.45, 7) is 6.30. The molecule has 8 heteroatoms. The number of thiophene rings is 1. The van der Waals surface area contributed by atoms with Gasteiger partial charge in [0.1, 0.15) is 5.75 Å². The van der Waals surface area contributed by atoms with Crippen LogP contribution in [-0.4, -0.2) is 64.3 Å². The van der Waals surface area contributed by atoms with Gasteiger partial charge >= 0.3 is 0 Å². The average molecular weight is 570 g/mol. The largest absolute Gasteiger partial charge is 0.495 e. The summed E-state index contributed by atoms with van der Waals surface area (Å²) in [7, 11) is 3.61. The second kappa shape index (κ2) is 12.6. The zero-order chi connectivity index (χ0) is 21.5. The van der Waals surface area contributed by atoms with Gasteiger partial charge in [0.15, 0.2) is 5.96 Å². The van der Waals surface area contributed by atoms with Gasteiger partial charge in [-0.15, -0.1) is 35.3 Å². The number of hydrogen-bond donors (Lipinski definition) is 2. The van der Waals surface area contributed by atoms with Gasteiger partial charge in [-0.25, -0.2) is 0 Å². The van der Waals surface area contributed by atoms with E-state index in [0.29, 0.717) is 12.0 Å². The zero-order valence-electron chi connectivity index (χ0n) is 19.1. The fraction of sp³-hybridized carbons (Fsp3) is 0.542. The van der Waals surface area contributed by atoms with E-state index < -0.39 is 0 Å². The molecule has 2 unspecified atom stereocenters. The van der Waals surface area contributed by atoms with Crippen LogP contribution < -0.4 is 20.3 Å². The Balaban J connectivity index is 0.00000289. The minimum atomic E-state index is 0. The Labute approximate surface area is 213 Å². The van der Waals surface area contributed by atoms with E-state index in [1.54, 1.807) is 7.11 Å². The predicted molar refractivity (Wildman–Crippen MR) is 146 cm³/mol. The summed E-state index contributed by atoms with van der Waals surface area (Å²) >= 11 is 1.85. The summed E-state index contributed by atoms with van der Waals surface area (Å²) in [5, 5.41) is 9.34. The second-order valence-corrected chi connectivity index (χ2v) is 9.36. The number of para-hydroxylation sites is 2. The van der Waals surface area contributed by atoms with Crippen LogP contribution in [0.3, 0.4) is 0 Å². The van der Waals surface area contributed by atoms with Gasteiger partial charge in [-0.1, -0.05) is 18.2 Å². The second-order valence-electron chi connectivity index (χ2n) is 8.38. The third-order valence-electron chi connectivity index (χ3n) is 6.41. The normalized spacial score (nSPS) is 20.1. The number of halogens is 1. The lowest BCUT2D eigenvalue weighted by Crippen LogP contribution is -2.44. The van der Waals surface area contributed by atoms with Crippen molar-refractivity contribution in [2.45, 2.75) is 25.3 Å². The van der Waals surface area contributed by atoms with Crippen LogP contribution in [0.15, 0.2) is 46.8 Å². The maximum Gasteiger partial charge on any atom is 0.191 e. The number of hydrogen-bond acceptors (Lipinski definition) is 5. The lowest BCUT2D eigenvalue weighted by atomic mass is 10.1. The van der Waals surface area contributed by atoms with E-state index in [4.69, 9.17) is 4.74 Å². The summed E-state index contributed by atoms with van der Waals surface area (Å²) in [4.78, 5) is 11.0. The number of nitrogens with zero attached hydrogens (tertiary/aromatic N) is 3. The number of guanidine groups is 1. The first-order valence-corrected chi connectivity index (χ1v) is 12.3. The fourth-order valence-electron chi connectivity index (χ4n) is 4.71. The van der Waals surface area contributed by atoms with E-state index in [1.807, 2.05) is 30.5 Å². The molecule has 0 bridgehead atoms. The molecule has 2 saturated heterocycles. The highest BCUT2D eigenvalue weighted by Gasteiger charge is 2.26. The topological polar surface area (TPSA) is 52.1 Å². The van der Waals surface area contributed by atoms with Gasteiger partial charge in [-0.05, 0) is 61.8 Å². The smallest absolute Gasteiger partial charge is 0.191 e. The van der Waals surface area contributed by atoms with Crippen molar-refractivity contribution >= 4 is 47.0 Å². The van der Waals surface area contributed by atoms with Crippen molar-refractivity contribution in [1.29, 1.82) is 0 Å². The molecule has 2 aliphatic rings. The van der Waals surface area contributed by atoms with Gasteiger partial charge in [0.05, 0.1) is 18.8 Å². The van der Waals surface area contributed by atoms with Crippen molar-refractivity contribution in [3.05, 3.63) is 46.7 Å². The number of aliphatic imine (C=N–C) groups is 1. The average Bonchev–Trinajstić information content (AvgIpc) is 3.59. The summed E-state index contributed by atoms with van der Waals surface area (Å²) < 4.78 is 5.55. The summed E-state index contributed by atoms with van der Waals surface area (Å²) in [5.41, 5.74) is 1.19. The molecular formula is C24H36IN5OS. The summed E-state index contributed by atoms with van der Waals surface area (Å²) in [5.74, 6) is 2.45. The molecule has 0 amide bonds. The highest BCUT2D eigenvalue weighted by molar-refractivity contribution is 14.0. The monoisotopic (exact) mass is 569 g/mol. The van der Waals surface area contributed by atoms with E-state index in [0.717, 1.165) is 37.9 Å². The van der Waals surface area contributed by atoms with Crippen LogP contribution in [0.2, 0.25) is 0 Å². The molecule has 0 saturated carbocycles. The molecule has 2 atom stereocenters. The van der Waals surface area contributed by atoms with Crippen molar-refractivity contribution in [3.63, 3.8) is 0 Å². The molecular weight excluding hydrogens is 533 g/mol. The Morgan fingerprint density at radius 1 is 1.16 bits per heavy atom. The van der Waals surface area contributed by atoms with Gasteiger partial charge in [0.25, 0.3) is 0 Å². The highest BCUT2D eigenvalue weighted by atomic mass is 127. The van der Waals surface area contributed by atoms with Crippen molar-refractivity contribution in [1.82, 2.24) is 15.5 Å². The first-order valence-electron chi connectivity index (χ1n) is 11.4. The predicted octanol–water partition coefficient (Wildman–Crippen LogP) is 4.20. The minimum Gasteiger partial charge on any atom is -0.495 e. The molecule has 2 aliphatic heterocycles. The number of methoxy groups -OCH3 is 1. The molecule has 0 spiro atoms. The molecule has 32 heavy (non-hydrogen) atoms. The van der Waals surface area contributed by atoms with E-state index >= 15 is 0 Å². The quantitative estimate of drug-likeness (QED) is 0.284. The van der Waals surface area contributed by atoms with Crippen molar-refractivity contribution in [2.75, 3.05) is 58.3 Å². The third-order valence-corrected chi connectivity index (χ3v) is 7.38. The van der Waals surface area contributed by atoms with Crippen LogP contribution in [-0.2, 0) is 0 Å². The summed E-state index contributed by atoms with van der Waals surface area (Å²) in [6, 6.07) is 13.1. The Morgan fingerprint density at radius 2 is 1.97 bits per heavy atom. The number of rotatable bonds is 8. The number of anilines is 1. The van der Waals surface area contributed by atoms with Gasteiger partial charge in [-0.3, -0.25) is 9.89 Å². The highest BCUT2D eigenvalue weighted by Crippen LogP contribution is 2.32. The molecule has 2 N–H and O–H groups in total. The van der Waals surface area contributed by atoms with Crippen LogP contribution in [0.4, 0.5) is 5.69 Å². The minimum absolute atomic E-state index is 0. The van der Waals surface area contributed by atoms with Gasteiger partial charge in [0, 0.05) is 38.1 Å². The fourth-order valence-corrected chi connectivity index (χ4v) is 5.57. The number of ether oxygens (including phenoxy) is 1. The van der Waals surface area contributed by atoms with Crippen LogP contribution in [0.5, 0.6) is 5.75 Å². The van der Waals surface area contributed by atoms with E-state index in [1.165, 1.54) is 42.9 Å². The molecule has 176 valence electrons. The van der Waals surface area contributed by atoms with Crippen molar-refractivity contribution in [3.8, 4) is 5.75 Å². The van der Waals surface area contributed by atoms with Crippen LogP contribution in [0.1, 0.15) is 30.2 Å². The molecule has 3 heterocycles. The SMILES string of the molecule is CN=C(NCC1CCN(c2ccccc2OC)C1)NCC(c1cccs1)N1CCCC1.I. The van der Waals surface area contributed by atoms with Crippen molar-refractivity contribution < 1.29 is 4.74 Å². The maximum absolute atomic E-state index is 5.55. The van der Waals surface area contributed by atoms with Crippen molar-refractivity contribution in [2.24, 2.45) is 10.9 Å². The lowest BCUT2D eigenvalue weighted by Gasteiger charge is -2.28. The Hall–Kier alpha value is -1.52. The van der Waals surface area contributed by atoms with E-state index in [2.05, 4.69) is 55.1 Å². The number of nitrogens with one attached hydrogen (secondary N) is 2. The first kappa shape index (κ1) is 25.1. The Kier molecular flexibility index (Phi) is 9.92. The summed E-state index contributed by atoms with van der Waals surface area (Å²) in [6.07, 6.45) is 3.78. The molecule has 2 fully saturated rings. The van der Waals surface area contributed by atoms with Gasteiger partial charge in [-0.2, -0.15) is 0 Å². The molecule has 1 aromatic carbocycles. The Morgan fingerprint density at radius 3 is 2.69 bits per heavy atom. The van der Waals surface area contributed by atoms with E-state index in [9.17, 15) is 0 Å². The van der Waals surface area contributed by atoms with Crippen LogP contribution in [0, 0.1) is 5.92 Å². The standard InChI is InChI=1S/C24H35N5OS.HI/c1-25-24(27-17-21(23-10-7-15-31-23)28-12-5-6-13-28)26-16-19-11-14-29(18-19)20-8-3-4-9-22(20)30-2;/h3-4,7-10,15,19,21H,5-6,11-14,16-18H2,1-2H3,(H2,25,26,27);1H. The molecule has 0 radical (unpaired) electrons. The Bertz CT molecular complexity index is 841. The van der Waals surface area contributed by atoms with Gasteiger partial charge < -0.3 is 20.3 Å². The third kappa shape index (κ3) is 6.29. The van der Waals surface area contributed by atoms with Crippen LogP contribution >= 0.6 is 35.3 Å². The maximum atomic E-state index is 5.55. The lowest BCUT2D eigenvalue weighted by molar-refractivity contribution is 0.249. The first-order chi connectivity index (χ1) is 15.3. The van der Waals surface area contributed by atoms with E-state index in [-0.39, 0.29) is 24.0 Å². The molecule has 6 nitrogen and oxygen atoms in total. The molecule has 2 aromatic rings. The number of likely N-dealkylation sites (tertiary alicyclic amines) is 1. The molecule has 1 aromatic heterocycles. The zero-order valence-corrected chi connectivity index (χ0v) is 22.3. The molecule has 0 aliphatic carbocycles.